The molecular formula is C14H12FNO4. The van der Waals surface area contributed by atoms with Gasteiger partial charge in [-0.15, -0.1) is 0 Å². The van der Waals surface area contributed by atoms with Gasteiger partial charge in [-0.2, -0.15) is 4.39 Å². The third-order valence-corrected chi connectivity index (χ3v) is 2.70. The average Bonchev–Trinajstić information content (AvgIpc) is 2.45. The molecule has 0 fully saturated rings. The molecule has 0 bridgehead atoms. The SMILES string of the molecule is O=[N+]([O-])c1ccc(COc2cccc(CO)c2)cc1F. The zero-order valence-electron chi connectivity index (χ0n) is 10.5. The number of aliphatic hydroxyl groups is 1. The summed E-state index contributed by atoms with van der Waals surface area (Å²) in [5, 5.41) is 19.5. The zero-order chi connectivity index (χ0) is 14.5. The molecule has 0 unspecified atom stereocenters. The predicted octanol–water partition coefficient (Wildman–Crippen LogP) is 2.81. The van der Waals surface area contributed by atoms with Crippen molar-refractivity contribution in [1.82, 2.24) is 0 Å². The molecule has 2 aromatic carbocycles. The molecule has 0 aliphatic carbocycles. The van der Waals surface area contributed by atoms with Gasteiger partial charge in [0.25, 0.3) is 0 Å². The highest BCUT2D eigenvalue weighted by Gasteiger charge is 2.13. The van der Waals surface area contributed by atoms with E-state index in [1.54, 1.807) is 24.3 Å². The van der Waals surface area contributed by atoms with Crippen molar-refractivity contribution >= 4 is 5.69 Å². The van der Waals surface area contributed by atoms with Gasteiger partial charge < -0.3 is 9.84 Å². The van der Waals surface area contributed by atoms with Gasteiger partial charge in [0, 0.05) is 6.07 Å². The van der Waals surface area contributed by atoms with Crippen LogP contribution in [0.4, 0.5) is 10.1 Å². The van der Waals surface area contributed by atoms with Crippen LogP contribution in [-0.4, -0.2) is 10.0 Å². The van der Waals surface area contributed by atoms with E-state index in [0.717, 1.165) is 12.1 Å². The van der Waals surface area contributed by atoms with Crippen LogP contribution in [0.15, 0.2) is 42.5 Å². The number of nitro groups is 1. The molecule has 0 radical (unpaired) electrons. The largest absolute Gasteiger partial charge is 0.489 e. The number of hydrogen-bond acceptors (Lipinski definition) is 4. The topological polar surface area (TPSA) is 72.6 Å². The first kappa shape index (κ1) is 14.0. The van der Waals surface area contributed by atoms with E-state index in [0.29, 0.717) is 16.9 Å². The fraction of sp³-hybridized carbons (Fsp3) is 0.143. The summed E-state index contributed by atoms with van der Waals surface area (Å²) in [5.41, 5.74) is 0.635. The summed E-state index contributed by atoms with van der Waals surface area (Å²) >= 11 is 0. The molecular weight excluding hydrogens is 265 g/mol. The van der Waals surface area contributed by atoms with Crippen molar-refractivity contribution in [3.63, 3.8) is 0 Å². The van der Waals surface area contributed by atoms with Crippen LogP contribution < -0.4 is 4.74 Å². The van der Waals surface area contributed by atoms with Crippen LogP contribution in [0.2, 0.25) is 0 Å². The minimum absolute atomic E-state index is 0.0871. The lowest BCUT2D eigenvalue weighted by Crippen LogP contribution is -1.99. The van der Waals surface area contributed by atoms with E-state index in [2.05, 4.69) is 0 Å². The van der Waals surface area contributed by atoms with Crippen molar-refractivity contribution in [3.8, 4) is 5.75 Å². The summed E-state index contributed by atoms with van der Waals surface area (Å²) in [4.78, 5) is 9.72. The van der Waals surface area contributed by atoms with Gasteiger partial charge >= 0.3 is 5.69 Å². The van der Waals surface area contributed by atoms with Gasteiger partial charge in [0.2, 0.25) is 5.82 Å². The number of benzene rings is 2. The maximum Gasteiger partial charge on any atom is 0.304 e. The lowest BCUT2D eigenvalue weighted by molar-refractivity contribution is -0.387. The molecule has 0 spiro atoms. The molecule has 1 N–H and O–H groups in total. The van der Waals surface area contributed by atoms with E-state index in [9.17, 15) is 14.5 Å². The highest BCUT2D eigenvalue weighted by atomic mass is 19.1. The van der Waals surface area contributed by atoms with E-state index in [4.69, 9.17) is 9.84 Å². The third-order valence-electron chi connectivity index (χ3n) is 2.70. The number of ether oxygens (including phenoxy) is 1. The van der Waals surface area contributed by atoms with Crippen molar-refractivity contribution in [2.24, 2.45) is 0 Å². The molecule has 2 rings (SSSR count). The first-order valence-corrected chi connectivity index (χ1v) is 5.85. The average molecular weight is 277 g/mol. The Bertz CT molecular complexity index is 630. The summed E-state index contributed by atoms with van der Waals surface area (Å²) in [6.07, 6.45) is 0. The molecule has 0 heterocycles. The first-order chi connectivity index (χ1) is 9.60. The highest BCUT2D eigenvalue weighted by molar-refractivity contribution is 5.35. The van der Waals surface area contributed by atoms with Crippen molar-refractivity contribution in [2.45, 2.75) is 13.2 Å². The van der Waals surface area contributed by atoms with Gasteiger partial charge in [-0.25, -0.2) is 0 Å². The zero-order valence-corrected chi connectivity index (χ0v) is 10.5. The van der Waals surface area contributed by atoms with Gasteiger partial charge in [-0.3, -0.25) is 10.1 Å². The van der Waals surface area contributed by atoms with E-state index in [1.807, 2.05) is 0 Å². The van der Waals surface area contributed by atoms with E-state index in [-0.39, 0.29) is 13.2 Å². The fourth-order valence-corrected chi connectivity index (χ4v) is 1.69. The standard InChI is InChI=1S/C14H12FNO4/c15-13-7-11(4-5-14(13)16(18)19)9-20-12-3-1-2-10(6-12)8-17/h1-7,17H,8-9H2. The third kappa shape index (κ3) is 3.30. The summed E-state index contributed by atoms with van der Waals surface area (Å²) in [5.74, 6) is -0.351. The lowest BCUT2D eigenvalue weighted by Gasteiger charge is -2.07. The molecule has 5 nitrogen and oxygen atoms in total. The second kappa shape index (κ2) is 6.12. The van der Waals surface area contributed by atoms with Gasteiger partial charge in [0.1, 0.15) is 12.4 Å². The number of hydrogen-bond donors (Lipinski definition) is 1. The highest BCUT2D eigenvalue weighted by Crippen LogP contribution is 2.20. The normalized spacial score (nSPS) is 10.3. The van der Waals surface area contributed by atoms with Gasteiger partial charge in [-0.1, -0.05) is 12.1 Å². The smallest absolute Gasteiger partial charge is 0.304 e. The molecule has 0 aliphatic heterocycles. The summed E-state index contributed by atoms with van der Waals surface area (Å²) in [6, 6.07) is 10.5. The fourth-order valence-electron chi connectivity index (χ4n) is 1.69. The Morgan fingerprint density at radius 3 is 2.65 bits per heavy atom. The Morgan fingerprint density at radius 1 is 1.20 bits per heavy atom. The lowest BCUT2D eigenvalue weighted by atomic mass is 10.2. The van der Waals surface area contributed by atoms with Gasteiger partial charge in [0.15, 0.2) is 0 Å². The number of rotatable bonds is 5. The molecule has 0 saturated heterocycles. The van der Waals surface area contributed by atoms with Crippen LogP contribution in [0.1, 0.15) is 11.1 Å². The van der Waals surface area contributed by atoms with Crippen LogP contribution in [0.5, 0.6) is 5.75 Å². The first-order valence-electron chi connectivity index (χ1n) is 5.85. The monoisotopic (exact) mass is 277 g/mol. The maximum absolute atomic E-state index is 13.4. The maximum atomic E-state index is 13.4. The van der Waals surface area contributed by atoms with Gasteiger partial charge in [0.05, 0.1) is 11.5 Å². The van der Waals surface area contributed by atoms with E-state index >= 15 is 0 Å². The van der Waals surface area contributed by atoms with Crippen LogP contribution in [0.3, 0.4) is 0 Å². The Balaban J connectivity index is 2.07. The number of nitrogens with zero attached hydrogens (tertiary/aromatic N) is 1. The van der Waals surface area contributed by atoms with Crippen LogP contribution in [0, 0.1) is 15.9 Å². The minimum atomic E-state index is -0.889. The molecule has 0 saturated carbocycles. The molecule has 20 heavy (non-hydrogen) atoms. The quantitative estimate of drug-likeness (QED) is 0.673. The van der Waals surface area contributed by atoms with Crippen molar-refractivity contribution in [3.05, 3.63) is 69.5 Å². The minimum Gasteiger partial charge on any atom is -0.489 e. The molecule has 0 atom stereocenters. The predicted molar refractivity (Wildman–Crippen MR) is 69.8 cm³/mol. The number of aliphatic hydroxyl groups excluding tert-OH is 1. The molecule has 2 aromatic rings. The number of halogens is 1. The van der Waals surface area contributed by atoms with E-state index in [1.165, 1.54) is 6.07 Å². The van der Waals surface area contributed by atoms with E-state index < -0.39 is 16.4 Å². The van der Waals surface area contributed by atoms with Crippen LogP contribution >= 0.6 is 0 Å². The molecule has 0 aliphatic rings. The second-order valence-corrected chi connectivity index (χ2v) is 4.14. The van der Waals surface area contributed by atoms with Crippen LogP contribution in [-0.2, 0) is 13.2 Å². The Hall–Kier alpha value is -2.47. The second-order valence-electron chi connectivity index (χ2n) is 4.14. The molecule has 6 heteroatoms. The summed E-state index contributed by atoms with van der Waals surface area (Å²) < 4.78 is 18.9. The van der Waals surface area contributed by atoms with Crippen molar-refractivity contribution in [1.29, 1.82) is 0 Å². The molecule has 104 valence electrons. The number of nitro benzene ring substituents is 1. The Kier molecular flexibility index (Phi) is 4.27. The summed E-state index contributed by atoms with van der Waals surface area (Å²) in [7, 11) is 0. The molecule has 0 aromatic heterocycles. The Labute approximate surface area is 114 Å². The summed E-state index contributed by atoms with van der Waals surface area (Å²) in [6.45, 7) is -0.00679. The molecule has 0 amide bonds. The Morgan fingerprint density at radius 2 is 2.00 bits per heavy atom. The van der Waals surface area contributed by atoms with Crippen molar-refractivity contribution < 1.29 is 19.2 Å². The van der Waals surface area contributed by atoms with Crippen molar-refractivity contribution in [2.75, 3.05) is 0 Å². The van der Waals surface area contributed by atoms with Gasteiger partial charge in [-0.05, 0) is 35.4 Å². The van der Waals surface area contributed by atoms with Crippen LogP contribution in [0.25, 0.3) is 0 Å².